The molecule has 1 fully saturated rings. The van der Waals surface area contributed by atoms with E-state index >= 15 is 0 Å². The van der Waals surface area contributed by atoms with Crippen LogP contribution < -0.4 is 10.6 Å². The normalized spacial score (nSPS) is 20.8. The zero-order valence-corrected chi connectivity index (χ0v) is 13.5. The van der Waals surface area contributed by atoms with Crippen molar-refractivity contribution in [3.05, 3.63) is 28.8 Å². The Morgan fingerprint density at radius 3 is 2.38 bits per heavy atom. The SMILES string of the molecule is Cc1ccc(NC(=O)C2CC2C(=O)NC(C)(C)C)cc1Cl. The third kappa shape index (κ3) is 4.21. The van der Waals surface area contributed by atoms with Gasteiger partial charge in [0.25, 0.3) is 0 Å². The van der Waals surface area contributed by atoms with E-state index in [-0.39, 0.29) is 29.2 Å². The molecular weight excluding hydrogens is 288 g/mol. The van der Waals surface area contributed by atoms with Crippen molar-refractivity contribution in [2.45, 2.75) is 39.7 Å². The molecule has 0 spiro atoms. The summed E-state index contributed by atoms with van der Waals surface area (Å²) >= 11 is 6.03. The van der Waals surface area contributed by atoms with Gasteiger partial charge in [0, 0.05) is 16.2 Å². The van der Waals surface area contributed by atoms with Crippen LogP contribution in [0.2, 0.25) is 5.02 Å². The Morgan fingerprint density at radius 1 is 1.19 bits per heavy atom. The number of carbonyl (C=O) groups is 2. The van der Waals surface area contributed by atoms with E-state index in [4.69, 9.17) is 11.6 Å². The van der Waals surface area contributed by atoms with Crippen molar-refractivity contribution in [2.24, 2.45) is 11.8 Å². The van der Waals surface area contributed by atoms with Gasteiger partial charge in [-0.1, -0.05) is 17.7 Å². The molecule has 5 heteroatoms. The minimum absolute atomic E-state index is 0.0513. The van der Waals surface area contributed by atoms with Crippen LogP contribution in [0.1, 0.15) is 32.8 Å². The third-order valence-electron chi connectivity index (χ3n) is 3.40. The first-order chi connectivity index (χ1) is 9.67. The number of anilines is 1. The average molecular weight is 309 g/mol. The number of hydrogen-bond acceptors (Lipinski definition) is 2. The number of carbonyl (C=O) groups excluding carboxylic acids is 2. The molecule has 4 nitrogen and oxygen atoms in total. The monoisotopic (exact) mass is 308 g/mol. The number of nitrogens with one attached hydrogen (secondary N) is 2. The van der Waals surface area contributed by atoms with Crippen LogP contribution in [0.3, 0.4) is 0 Å². The van der Waals surface area contributed by atoms with E-state index in [0.717, 1.165) is 5.56 Å². The van der Waals surface area contributed by atoms with Gasteiger partial charge in [0.15, 0.2) is 0 Å². The van der Waals surface area contributed by atoms with E-state index in [9.17, 15) is 9.59 Å². The highest BCUT2D eigenvalue weighted by Gasteiger charge is 2.48. The highest BCUT2D eigenvalue weighted by atomic mass is 35.5. The van der Waals surface area contributed by atoms with Crippen LogP contribution >= 0.6 is 11.6 Å². The molecule has 1 aromatic carbocycles. The fourth-order valence-corrected chi connectivity index (χ4v) is 2.32. The largest absolute Gasteiger partial charge is 0.351 e. The van der Waals surface area contributed by atoms with E-state index in [1.165, 1.54) is 0 Å². The Labute approximate surface area is 130 Å². The summed E-state index contributed by atoms with van der Waals surface area (Å²) in [5.74, 6) is -0.633. The molecule has 2 atom stereocenters. The van der Waals surface area contributed by atoms with Crippen LogP contribution in [0.25, 0.3) is 0 Å². The second-order valence-corrected chi connectivity index (χ2v) is 7.05. The third-order valence-corrected chi connectivity index (χ3v) is 3.81. The van der Waals surface area contributed by atoms with Gasteiger partial charge in [-0.3, -0.25) is 9.59 Å². The molecule has 114 valence electrons. The molecule has 21 heavy (non-hydrogen) atoms. The Bertz CT molecular complexity index is 578. The Balaban J connectivity index is 1.91. The molecule has 0 radical (unpaired) electrons. The van der Waals surface area contributed by atoms with Crippen LogP contribution in [0, 0.1) is 18.8 Å². The number of amides is 2. The predicted octanol–water partition coefficient (Wildman–Crippen LogP) is 3.14. The molecule has 1 aliphatic carbocycles. The molecule has 2 amide bonds. The Kier molecular flexibility index (Phi) is 4.28. The van der Waals surface area contributed by atoms with Crippen LogP contribution in [-0.2, 0) is 9.59 Å². The maximum absolute atomic E-state index is 12.1. The van der Waals surface area contributed by atoms with Gasteiger partial charge in [-0.2, -0.15) is 0 Å². The summed E-state index contributed by atoms with van der Waals surface area (Å²) < 4.78 is 0. The van der Waals surface area contributed by atoms with Crippen LogP contribution in [0.15, 0.2) is 18.2 Å². The lowest BCUT2D eigenvalue weighted by molar-refractivity contribution is -0.126. The number of aryl methyl sites for hydroxylation is 1. The second-order valence-electron chi connectivity index (χ2n) is 6.64. The number of hydrogen-bond donors (Lipinski definition) is 2. The van der Waals surface area contributed by atoms with Crippen molar-refractivity contribution < 1.29 is 9.59 Å². The predicted molar refractivity (Wildman–Crippen MR) is 84.3 cm³/mol. The van der Waals surface area contributed by atoms with Crippen molar-refractivity contribution >= 4 is 29.1 Å². The summed E-state index contributed by atoms with van der Waals surface area (Å²) in [6.07, 6.45) is 0.605. The van der Waals surface area contributed by atoms with Crippen LogP contribution in [0.4, 0.5) is 5.69 Å². The van der Waals surface area contributed by atoms with Gasteiger partial charge in [-0.15, -0.1) is 0 Å². The minimum atomic E-state index is -0.273. The van der Waals surface area contributed by atoms with E-state index in [0.29, 0.717) is 17.1 Å². The maximum Gasteiger partial charge on any atom is 0.228 e. The standard InChI is InChI=1S/C16H21ClN2O2/c1-9-5-6-10(7-13(9)17)18-14(20)11-8-12(11)15(21)19-16(2,3)4/h5-7,11-12H,8H2,1-4H3,(H,18,20)(H,19,21). The zero-order chi connectivity index (χ0) is 15.8. The highest BCUT2D eigenvalue weighted by Crippen LogP contribution is 2.40. The van der Waals surface area contributed by atoms with Gasteiger partial charge in [-0.25, -0.2) is 0 Å². The topological polar surface area (TPSA) is 58.2 Å². The highest BCUT2D eigenvalue weighted by molar-refractivity contribution is 6.31. The Morgan fingerprint density at radius 2 is 1.81 bits per heavy atom. The van der Waals surface area contributed by atoms with E-state index in [1.807, 2.05) is 39.8 Å². The van der Waals surface area contributed by atoms with Crippen molar-refractivity contribution in [1.29, 1.82) is 0 Å². The van der Waals surface area contributed by atoms with Crippen LogP contribution in [0.5, 0.6) is 0 Å². The molecular formula is C16H21ClN2O2. The van der Waals surface area contributed by atoms with Crippen molar-refractivity contribution in [2.75, 3.05) is 5.32 Å². The number of halogens is 1. The average Bonchev–Trinajstić information content (AvgIpc) is 3.12. The van der Waals surface area contributed by atoms with E-state index < -0.39 is 0 Å². The molecule has 2 unspecified atom stereocenters. The fourth-order valence-electron chi connectivity index (χ4n) is 2.14. The maximum atomic E-state index is 12.1. The van der Waals surface area contributed by atoms with Gasteiger partial charge < -0.3 is 10.6 Å². The quantitative estimate of drug-likeness (QED) is 0.901. The lowest BCUT2D eigenvalue weighted by Gasteiger charge is -2.20. The first-order valence-electron chi connectivity index (χ1n) is 7.06. The summed E-state index contributed by atoms with van der Waals surface area (Å²) in [5, 5.41) is 6.34. The minimum Gasteiger partial charge on any atom is -0.351 e. The smallest absolute Gasteiger partial charge is 0.228 e. The van der Waals surface area contributed by atoms with Gasteiger partial charge in [0.05, 0.1) is 11.8 Å². The lowest BCUT2D eigenvalue weighted by Crippen LogP contribution is -2.42. The molecule has 1 aliphatic rings. The summed E-state index contributed by atoms with van der Waals surface area (Å²) in [6, 6.07) is 5.39. The van der Waals surface area contributed by atoms with Crippen molar-refractivity contribution in [1.82, 2.24) is 5.32 Å². The van der Waals surface area contributed by atoms with Crippen molar-refractivity contribution in [3.8, 4) is 0 Å². The molecule has 0 saturated heterocycles. The fraction of sp³-hybridized carbons (Fsp3) is 0.500. The van der Waals surface area contributed by atoms with E-state index in [2.05, 4.69) is 10.6 Å². The van der Waals surface area contributed by atoms with Crippen LogP contribution in [-0.4, -0.2) is 17.4 Å². The molecule has 0 aromatic heterocycles. The first-order valence-corrected chi connectivity index (χ1v) is 7.44. The van der Waals surface area contributed by atoms with Gasteiger partial charge in [0.2, 0.25) is 11.8 Å². The molecule has 0 bridgehead atoms. The molecule has 2 rings (SSSR count). The zero-order valence-electron chi connectivity index (χ0n) is 12.8. The molecule has 2 N–H and O–H groups in total. The van der Waals surface area contributed by atoms with Gasteiger partial charge in [0.1, 0.15) is 0 Å². The Hall–Kier alpha value is -1.55. The number of rotatable bonds is 3. The van der Waals surface area contributed by atoms with Gasteiger partial charge >= 0.3 is 0 Å². The first kappa shape index (κ1) is 15.8. The van der Waals surface area contributed by atoms with Gasteiger partial charge in [-0.05, 0) is 51.8 Å². The summed E-state index contributed by atoms with van der Waals surface area (Å²) in [7, 11) is 0. The number of benzene rings is 1. The summed E-state index contributed by atoms with van der Waals surface area (Å²) in [4.78, 5) is 24.1. The van der Waals surface area contributed by atoms with Crippen molar-refractivity contribution in [3.63, 3.8) is 0 Å². The molecule has 0 aliphatic heterocycles. The molecule has 0 heterocycles. The molecule has 1 aromatic rings. The van der Waals surface area contributed by atoms with E-state index in [1.54, 1.807) is 6.07 Å². The second kappa shape index (κ2) is 5.68. The summed E-state index contributed by atoms with van der Waals surface area (Å²) in [6.45, 7) is 7.69. The lowest BCUT2D eigenvalue weighted by atomic mass is 10.1. The molecule has 1 saturated carbocycles. The summed E-state index contributed by atoms with van der Waals surface area (Å²) in [5.41, 5.74) is 1.35.